The van der Waals surface area contributed by atoms with Gasteiger partial charge in [-0.15, -0.1) is 11.7 Å². The maximum absolute atomic E-state index is 13.3. The molecule has 1 aromatic carbocycles. The first-order valence-electron chi connectivity index (χ1n) is 6.20. The molecular weight excluding hydrogens is 293 g/mol. The van der Waals surface area contributed by atoms with Gasteiger partial charge in [0.15, 0.2) is 5.17 Å². The van der Waals surface area contributed by atoms with E-state index in [-0.39, 0.29) is 18.3 Å². The minimum atomic E-state index is -0.339. The summed E-state index contributed by atoms with van der Waals surface area (Å²) in [4.78, 5) is 11.0. The van der Waals surface area contributed by atoms with Crippen LogP contribution >= 0.6 is 11.8 Å². The third kappa shape index (κ3) is 4.80. The summed E-state index contributed by atoms with van der Waals surface area (Å²) >= 11 is 1.29. The molecule has 110 valence electrons. The van der Waals surface area contributed by atoms with E-state index in [1.54, 1.807) is 12.1 Å². The standard InChI is InChI=1S/C14H14FN3O2S/c1-2-5-20-8-11-6-12(15)4-3-10(11)7-16-18-14-17-13(19)9-21-14/h2-4,6-7H,1,5,8-9H2,(H,17,18,19). The Morgan fingerprint density at radius 1 is 1.52 bits per heavy atom. The van der Waals surface area contributed by atoms with E-state index in [4.69, 9.17) is 4.74 Å². The number of nitrogens with one attached hydrogen (secondary N) is 1. The van der Waals surface area contributed by atoms with Gasteiger partial charge in [0, 0.05) is 5.56 Å². The van der Waals surface area contributed by atoms with Gasteiger partial charge in [0.25, 0.3) is 0 Å². The van der Waals surface area contributed by atoms with Gasteiger partial charge >= 0.3 is 0 Å². The third-order valence-electron chi connectivity index (χ3n) is 2.53. The Labute approximate surface area is 126 Å². The molecule has 1 N–H and O–H groups in total. The number of carbonyl (C=O) groups is 1. The Bertz CT molecular complexity index is 602. The third-order valence-corrected chi connectivity index (χ3v) is 3.39. The molecule has 21 heavy (non-hydrogen) atoms. The zero-order chi connectivity index (χ0) is 15.1. The van der Waals surface area contributed by atoms with Gasteiger partial charge < -0.3 is 10.1 Å². The summed E-state index contributed by atoms with van der Waals surface area (Å²) in [6.45, 7) is 4.20. The SMILES string of the molecule is C=CCOCc1cc(F)ccc1C=NN=C1NC(=O)CS1. The van der Waals surface area contributed by atoms with Crippen LogP contribution < -0.4 is 5.32 Å². The van der Waals surface area contributed by atoms with Gasteiger partial charge in [-0.05, 0) is 17.7 Å². The first-order chi connectivity index (χ1) is 10.2. The van der Waals surface area contributed by atoms with Gasteiger partial charge in [-0.25, -0.2) is 4.39 Å². The fourth-order valence-corrected chi connectivity index (χ4v) is 2.23. The fourth-order valence-electron chi connectivity index (χ4n) is 1.60. The largest absolute Gasteiger partial charge is 0.373 e. The first kappa shape index (κ1) is 15.4. The molecule has 7 heteroatoms. The molecule has 0 aliphatic carbocycles. The van der Waals surface area contributed by atoms with Crippen molar-refractivity contribution in [3.8, 4) is 0 Å². The monoisotopic (exact) mass is 307 g/mol. The molecule has 1 fully saturated rings. The highest BCUT2D eigenvalue weighted by Crippen LogP contribution is 2.12. The summed E-state index contributed by atoms with van der Waals surface area (Å²) in [5.41, 5.74) is 1.38. The molecule has 1 heterocycles. The van der Waals surface area contributed by atoms with Crippen LogP contribution in [0.15, 0.2) is 41.1 Å². The minimum Gasteiger partial charge on any atom is -0.373 e. The second-order valence-electron chi connectivity index (χ2n) is 4.13. The van der Waals surface area contributed by atoms with Crippen molar-refractivity contribution in [3.05, 3.63) is 47.8 Å². The Hall–Kier alpha value is -1.99. The number of amidine groups is 1. The van der Waals surface area contributed by atoms with Crippen LogP contribution in [0.4, 0.5) is 4.39 Å². The van der Waals surface area contributed by atoms with Crippen molar-refractivity contribution in [1.82, 2.24) is 5.32 Å². The lowest BCUT2D eigenvalue weighted by Gasteiger charge is -2.05. The predicted octanol–water partition coefficient (Wildman–Crippen LogP) is 2.08. The van der Waals surface area contributed by atoms with Crippen molar-refractivity contribution in [1.29, 1.82) is 0 Å². The number of ether oxygens (including phenoxy) is 1. The molecule has 0 radical (unpaired) electrons. The van der Waals surface area contributed by atoms with E-state index in [9.17, 15) is 9.18 Å². The molecule has 0 atom stereocenters. The van der Waals surface area contributed by atoms with Gasteiger partial charge in [-0.1, -0.05) is 23.9 Å². The summed E-state index contributed by atoms with van der Waals surface area (Å²) in [7, 11) is 0. The van der Waals surface area contributed by atoms with Gasteiger partial charge in [-0.2, -0.15) is 5.10 Å². The zero-order valence-electron chi connectivity index (χ0n) is 11.2. The van der Waals surface area contributed by atoms with Gasteiger partial charge in [0.1, 0.15) is 5.82 Å². The average Bonchev–Trinajstić information content (AvgIpc) is 2.87. The normalized spacial score (nSPS) is 16.6. The predicted molar refractivity (Wildman–Crippen MR) is 81.9 cm³/mol. The van der Waals surface area contributed by atoms with Crippen molar-refractivity contribution in [3.63, 3.8) is 0 Å². The highest BCUT2D eigenvalue weighted by molar-refractivity contribution is 8.15. The maximum Gasteiger partial charge on any atom is 0.236 e. The Balaban J connectivity index is 2.07. The van der Waals surface area contributed by atoms with Crippen molar-refractivity contribution < 1.29 is 13.9 Å². The van der Waals surface area contributed by atoms with Crippen LogP contribution in [0.25, 0.3) is 0 Å². The van der Waals surface area contributed by atoms with Crippen molar-refractivity contribution in [2.75, 3.05) is 12.4 Å². The van der Waals surface area contributed by atoms with E-state index in [0.717, 1.165) is 0 Å². The molecule has 2 rings (SSSR count). The van der Waals surface area contributed by atoms with E-state index in [1.165, 1.54) is 30.1 Å². The summed E-state index contributed by atoms with van der Waals surface area (Å²) in [5, 5.41) is 10.8. The molecule has 1 aliphatic heterocycles. The average molecular weight is 307 g/mol. The van der Waals surface area contributed by atoms with Crippen LogP contribution in [0.5, 0.6) is 0 Å². The minimum absolute atomic E-state index is 0.0887. The highest BCUT2D eigenvalue weighted by Gasteiger charge is 2.15. The molecule has 0 bridgehead atoms. The summed E-state index contributed by atoms with van der Waals surface area (Å²) < 4.78 is 18.6. The number of carbonyl (C=O) groups excluding carboxylic acids is 1. The second-order valence-corrected chi connectivity index (χ2v) is 5.10. The van der Waals surface area contributed by atoms with Crippen LogP contribution in [0.1, 0.15) is 11.1 Å². The number of halogens is 1. The van der Waals surface area contributed by atoms with E-state index >= 15 is 0 Å². The number of hydrogen-bond acceptors (Lipinski definition) is 5. The summed E-state index contributed by atoms with van der Waals surface area (Å²) in [5.74, 6) is -0.0746. The van der Waals surface area contributed by atoms with Crippen LogP contribution in [-0.4, -0.2) is 29.6 Å². The van der Waals surface area contributed by atoms with E-state index in [2.05, 4.69) is 22.1 Å². The van der Waals surface area contributed by atoms with Crippen LogP contribution in [0.2, 0.25) is 0 Å². The lowest BCUT2D eigenvalue weighted by molar-refractivity contribution is -0.116. The van der Waals surface area contributed by atoms with Crippen molar-refractivity contribution >= 4 is 29.1 Å². The lowest BCUT2D eigenvalue weighted by Crippen LogP contribution is -2.19. The molecule has 0 spiro atoms. The van der Waals surface area contributed by atoms with Gasteiger partial charge in [0.2, 0.25) is 5.91 Å². The highest BCUT2D eigenvalue weighted by atomic mass is 32.2. The molecule has 1 amide bonds. The molecule has 0 unspecified atom stereocenters. The number of amides is 1. The van der Waals surface area contributed by atoms with E-state index in [1.807, 2.05) is 0 Å². The smallest absolute Gasteiger partial charge is 0.236 e. The molecule has 1 saturated heterocycles. The molecule has 5 nitrogen and oxygen atoms in total. The summed E-state index contributed by atoms with van der Waals surface area (Å²) in [6, 6.07) is 4.34. The Kier molecular flexibility index (Phi) is 5.65. The Morgan fingerprint density at radius 2 is 2.38 bits per heavy atom. The fraction of sp³-hybridized carbons (Fsp3) is 0.214. The van der Waals surface area contributed by atoms with Crippen LogP contribution in [0, 0.1) is 5.82 Å². The summed E-state index contributed by atoms with van der Waals surface area (Å²) in [6.07, 6.45) is 3.13. The number of thioether (sulfide) groups is 1. The van der Waals surface area contributed by atoms with E-state index in [0.29, 0.717) is 28.7 Å². The second kappa shape index (κ2) is 7.70. The van der Waals surface area contributed by atoms with Gasteiger partial charge in [0.05, 0.1) is 25.2 Å². The number of benzene rings is 1. The molecule has 0 aromatic heterocycles. The van der Waals surface area contributed by atoms with Gasteiger partial charge in [-0.3, -0.25) is 4.79 Å². The molecule has 0 saturated carbocycles. The van der Waals surface area contributed by atoms with E-state index < -0.39 is 0 Å². The zero-order valence-corrected chi connectivity index (χ0v) is 12.0. The lowest BCUT2D eigenvalue weighted by atomic mass is 10.1. The topological polar surface area (TPSA) is 63.1 Å². The quantitative estimate of drug-likeness (QED) is 0.379. The Morgan fingerprint density at radius 3 is 3.10 bits per heavy atom. The van der Waals surface area contributed by atoms with Crippen LogP contribution in [-0.2, 0) is 16.1 Å². The molecule has 1 aromatic rings. The maximum atomic E-state index is 13.3. The van der Waals surface area contributed by atoms with Crippen molar-refractivity contribution in [2.45, 2.75) is 6.61 Å². The van der Waals surface area contributed by atoms with Crippen molar-refractivity contribution in [2.24, 2.45) is 10.2 Å². The number of hydrogen-bond donors (Lipinski definition) is 1. The first-order valence-corrected chi connectivity index (χ1v) is 7.18. The van der Waals surface area contributed by atoms with Crippen LogP contribution in [0.3, 0.4) is 0 Å². The molecular formula is C14H14FN3O2S. The number of nitrogens with zero attached hydrogens (tertiary/aromatic N) is 2. The molecule has 1 aliphatic rings. The number of rotatable bonds is 6.